The van der Waals surface area contributed by atoms with Gasteiger partial charge in [-0.1, -0.05) is 25.7 Å². The third kappa shape index (κ3) is 4.04. The maximum atomic E-state index is 13.3. The van der Waals surface area contributed by atoms with Crippen LogP contribution in [0.5, 0.6) is 0 Å². The summed E-state index contributed by atoms with van der Waals surface area (Å²) in [6.07, 6.45) is 5.69. The first-order valence-electron chi connectivity index (χ1n) is 7.26. The summed E-state index contributed by atoms with van der Waals surface area (Å²) in [4.78, 5) is 12.0. The third-order valence-corrected chi connectivity index (χ3v) is 3.92. The van der Waals surface area contributed by atoms with E-state index in [1.165, 1.54) is 12.1 Å². The normalized spacial score (nSPS) is 18.4. The van der Waals surface area contributed by atoms with Crippen molar-refractivity contribution in [2.75, 3.05) is 6.54 Å². The topological polar surface area (TPSA) is 49.3 Å². The van der Waals surface area contributed by atoms with Crippen LogP contribution in [0.1, 0.15) is 54.4 Å². The molecule has 1 saturated carbocycles. The molecule has 2 N–H and O–H groups in total. The van der Waals surface area contributed by atoms with Crippen molar-refractivity contribution in [1.82, 2.24) is 5.32 Å². The van der Waals surface area contributed by atoms with Crippen LogP contribution in [0.3, 0.4) is 0 Å². The second-order valence-electron chi connectivity index (χ2n) is 5.84. The molecular weight excluding hydrogens is 257 g/mol. The Labute approximate surface area is 119 Å². The molecule has 1 aromatic carbocycles. The Morgan fingerprint density at radius 2 is 1.90 bits per heavy atom. The third-order valence-electron chi connectivity index (χ3n) is 3.92. The van der Waals surface area contributed by atoms with Crippen LogP contribution in [0.4, 0.5) is 4.39 Å². The molecule has 0 spiro atoms. The summed E-state index contributed by atoms with van der Waals surface area (Å²) in [5.41, 5.74) is 0.206. The van der Waals surface area contributed by atoms with E-state index in [1.54, 1.807) is 13.0 Å². The first kappa shape index (κ1) is 15.0. The van der Waals surface area contributed by atoms with Crippen LogP contribution >= 0.6 is 0 Å². The molecule has 0 saturated heterocycles. The molecule has 20 heavy (non-hydrogen) atoms. The van der Waals surface area contributed by atoms with E-state index in [9.17, 15) is 14.3 Å². The van der Waals surface area contributed by atoms with Gasteiger partial charge in [-0.2, -0.15) is 0 Å². The Kier molecular flexibility index (Phi) is 4.76. The highest BCUT2D eigenvalue weighted by Gasteiger charge is 2.28. The summed E-state index contributed by atoms with van der Waals surface area (Å²) >= 11 is 0. The molecule has 110 valence electrons. The predicted octanol–water partition coefficient (Wildman–Crippen LogP) is 2.95. The molecular formula is C16H22FNO2. The highest BCUT2D eigenvalue weighted by molar-refractivity contribution is 5.94. The highest BCUT2D eigenvalue weighted by Crippen LogP contribution is 2.26. The average molecular weight is 279 g/mol. The van der Waals surface area contributed by atoms with Crippen LogP contribution in [0.15, 0.2) is 18.2 Å². The van der Waals surface area contributed by atoms with E-state index in [4.69, 9.17) is 0 Å². The van der Waals surface area contributed by atoms with Gasteiger partial charge in [0.2, 0.25) is 0 Å². The zero-order valence-corrected chi connectivity index (χ0v) is 11.9. The van der Waals surface area contributed by atoms with Crippen molar-refractivity contribution < 1.29 is 14.3 Å². The van der Waals surface area contributed by atoms with Gasteiger partial charge in [-0.05, 0) is 43.5 Å². The lowest BCUT2D eigenvalue weighted by atomic mass is 9.94. The van der Waals surface area contributed by atoms with E-state index in [0.29, 0.717) is 11.1 Å². The van der Waals surface area contributed by atoms with Crippen molar-refractivity contribution in [3.63, 3.8) is 0 Å². The first-order valence-corrected chi connectivity index (χ1v) is 7.26. The number of hydrogen-bond acceptors (Lipinski definition) is 2. The lowest BCUT2D eigenvalue weighted by Crippen LogP contribution is -2.42. The van der Waals surface area contributed by atoms with Gasteiger partial charge in [-0.25, -0.2) is 4.39 Å². The predicted molar refractivity (Wildman–Crippen MR) is 76.1 cm³/mol. The molecule has 0 heterocycles. The maximum Gasteiger partial charge on any atom is 0.251 e. The van der Waals surface area contributed by atoms with Crippen molar-refractivity contribution in [3.8, 4) is 0 Å². The molecule has 0 unspecified atom stereocenters. The monoisotopic (exact) mass is 279 g/mol. The number of aliphatic hydroxyl groups is 1. The highest BCUT2D eigenvalue weighted by atomic mass is 19.1. The van der Waals surface area contributed by atoms with Crippen LogP contribution in [-0.2, 0) is 0 Å². The minimum absolute atomic E-state index is 0.237. The number of halogens is 1. The molecule has 0 atom stereocenters. The summed E-state index contributed by atoms with van der Waals surface area (Å²) in [6, 6.07) is 4.25. The van der Waals surface area contributed by atoms with Crippen molar-refractivity contribution in [2.24, 2.45) is 0 Å². The number of nitrogens with one attached hydrogen (secondary N) is 1. The summed E-state index contributed by atoms with van der Waals surface area (Å²) in [5.74, 6) is -0.742. The van der Waals surface area contributed by atoms with Gasteiger partial charge in [0.1, 0.15) is 5.82 Å². The fourth-order valence-corrected chi connectivity index (χ4v) is 2.78. The molecule has 1 amide bonds. The number of benzene rings is 1. The van der Waals surface area contributed by atoms with E-state index >= 15 is 0 Å². The largest absolute Gasteiger partial charge is 0.388 e. The quantitative estimate of drug-likeness (QED) is 0.836. The van der Waals surface area contributed by atoms with E-state index in [0.717, 1.165) is 38.5 Å². The molecule has 0 bridgehead atoms. The van der Waals surface area contributed by atoms with Crippen LogP contribution in [0, 0.1) is 12.7 Å². The van der Waals surface area contributed by atoms with Crippen LogP contribution in [0.2, 0.25) is 0 Å². The second-order valence-corrected chi connectivity index (χ2v) is 5.84. The zero-order chi connectivity index (χ0) is 14.6. The van der Waals surface area contributed by atoms with Crippen molar-refractivity contribution in [3.05, 3.63) is 35.1 Å². The maximum absolute atomic E-state index is 13.3. The Morgan fingerprint density at radius 1 is 1.25 bits per heavy atom. The van der Waals surface area contributed by atoms with E-state index in [1.807, 2.05) is 0 Å². The molecule has 1 aliphatic carbocycles. The Bertz CT molecular complexity index is 459. The smallest absolute Gasteiger partial charge is 0.251 e. The van der Waals surface area contributed by atoms with Crippen LogP contribution < -0.4 is 5.32 Å². The van der Waals surface area contributed by atoms with Gasteiger partial charge >= 0.3 is 0 Å². The minimum atomic E-state index is -0.811. The number of aryl methyl sites for hydroxylation is 1. The van der Waals surface area contributed by atoms with Gasteiger partial charge in [0.25, 0.3) is 5.91 Å². The summed E-state index contributed by atoms with van der Waals surface area (Å²) in [7, 11) is 0. The molecule has 0 aliphatic heterocycles. The molecule has 1 fully saturated rings. The fraction of sp³-hybridized carbons (Fsp3) is 0.562. The molecule has 1 aromatic rings. The van der Waals surface area contributed by atoms with Crippen molar-refractivity contribution >= 4 is 5.91 Å². The molecule has 4 heteroatoms. The van der Waals surface area contributed by atoms with Crippen molar-refractivity contribution in [2.45, 2.75) is 51.0 Å². The Balaban J connectivity index is 1.97. The van der Waals surface area contributed by atoms with Crippen LogP contribution in [0.25, 0.3) is 0 Å². The van der Waals surface area contributed by atoms with Gasteiger partial charge in [-0.15, -0.1) is 0 Å². The van der Waals surface area contributed by atoms with E-state index in [-0.39, 0.29) is 12.5 Å². The summed E-state index contributed by atoms with van der Waals surface area (Å²) in [5, 5.41) is 13.2. The van der Waals surface area contributed by atoms with Gasteiger partial charge in [-0.3, -0.25) is 4.79 Å². The molecule has 0 radical (unpaired) electrons. The Hall–Kier alpha value is -1.42. The van der Waals surface area contributed by atoms with Gasteiger partial charge < -0.3 is 10.4 Å². The summed E-state index contributed by atoms with van der Waals surface area (Å²) < 4.78 is 13.3. The number of rotatable bonds is 3. The second kappa shape index (κ2) is 6.35. The first-order chi connectivity index (χ1) is 9.48. The molecule has 3 nitrogen and oxygen atoms in total. The molecule has 1 aliphatic rings. The van der Waals surface area contributed by atoms with Gasteiger partial charge in [0.05, 0.1) is 5.60 Å². The Morgan fingerprint density at radius 3 is 2.50 bits per heavy atom. The van der Waals surface area contributed by atoms with Gasteiger partial charge in [0.15, 0.2) is 0 Å². The van der Waals surface area contributed by atoms with Crippen LogP contribution in [-0.4, -0.2) is 23.2 Å². The van der Waals surface area contributed by atoms with E-state index in [2.05, 4.69) is 5.32 Å². The SMILES string of the molecule is Cc1cc(F)cc(C(=O)NCC2(O)CCCCCC2)c1. The molecule has 2 rings (SSSR count). The summed E-state index contributed by atoms with van der Waals surface area (Å²) in [6.45, 7) is 1.99. The van der Waals surface area contributed by atoms with E-state index < -0.39 is 11.4 Å². The zero-order valence-electron chi connectivity index (χ0n) is 11.9. The standard InChI is InChI=1S/C16H22FNO2/c1-12-8-13(10-14(17)9-12)15(19)18-11-16(20)6-4-2-3-5-7-16/h8-10,20H,2-7,11H2,1H3,(H,18,19). The fourth-order valence-electron chi connectivity index (χ4n) is 2.78. The lowest BCUT2D eigenvalue weighted by molar-refractivity contribution is 0.0246. The van der Waals surface area contributed by atoms with Gasteiger partial charge in [0, 0.05) is 12.1 Å². The molecule has 0 aromatic heterocycles. The number of amides is 1. The number of hydrogen-bond donors (Lipinski definition) is 2. The lowest BCUT2D eigenvalue weighted by Gasteiger charge is -2.26. The number of carbonyl (C=O) groups is 1. The number of carbonyl (C=O) groups excluding carboxylic acids is 1. The minimum Gasteiger partial charge on any atom is -0.388 e. The average Bonchev–Trinajstić information content (AvgIpc) is 2.60. The van der Waals surface area contributed by atoms with Crippen molar-refractivity contribution in [1.29, 1.82) is 0 Å².